The summed E-state index contributed by atoms with van der Waals surface area (Å²) in [5.41, 5.74) is 13.3. The third kappa shape index (κ3) is 6.48. The van der Waals surface area contributed by atoms with Crippen LogP contribution in [0.2, 0.25) is 0 Å². The van der Waals surface area contributed by atoms with Gasteiger partial charge in [0.2, 0.25) is 0 Å². The first-order valence-electron chi connectivity index (χ1n) is 17.4. The number of fused-ring (bicyclic) bond motifs is 6. The molecule has 0 spiro atoms. The van der Waals surface area contributed by atoms with E-state index in [9.17, 15) is 0 Å². The van der Waals surface area contributed by atoms with Crippen LogP contribution in [0.5, 0.6) is 0 Å². The summed E-state index contributed by atoms with van der Waals surface area (Å²) in [6.45, 7) is 0. The molecule has 0 aliphatic rings. The van der Waals surface area contributed by atoms with Crippen LogP contribution in [0, 0.1) is 0 Å². The van der Waals surface area contributed by atoms with Gasteiger partial charge in [-0.05, 0) is 68.8 Å². The first kappa shape index (κ1) is 33.7. The average Bonchev–Trinajstić information content (AvgIpc) is 3.24. The summed E-state index contributed by atoms with van der Waals surface area (Å²) in [6, 6.07) is 58.7. The molecular weight excluding hydrogens is 734 g/mol. The molecule has 4 nitrogen and oxygen atoms in total. The van der Waals surface area contributed by atoms with Gasteiger partial charge in [0.25, 0.3) is 0 Å². The number of hydrogen-bond acceptors (Lipinski definition) is 4. The summed E-state index contributed by atoms with van der Waals surface area (Å²) in [5.74, 6) is 0. The van der Waals surface area contributed by atoms with E-state index in [1.807, 2.05) is 49.1 Å². The van der Waals surface area contributed by atoms with Gasteiger partial charge in [0, 0.05) is 65.8 Å². The minimum Gasteiger partial charge on any atom is -0.254 e. The number of nitrogens with zero attached hydrogens (tertiary/aromatic N) is 4. The van der Waals surface area contributed by atoms with Gasteiger partial charge in [-0.25, -0.2) is 0 Å². The molecule has 0 saturated carbocycles. The Bertz CT molecular complexity index is 2430. The van der Waals surface area contributed by atoms with Crippen LogP contribution in [0.15, 0.2) is 195 Å². The van der Waals surface area contributed by atoms with Gasteiger partial charge >= 0.3 is 0 Å². The van der Waals surface area contributed by atoms with Crippen molar-refractivity contribution in [2.75, 3.05) is 0 Å². The maximum absolute atomic E-state index is 4.67. The molecule has 252 valence electrons. The van der Waals surface area contributed by atoms with E-state index in [1.165, 1.54) is 44.5 Å². The molecule has 53 heavy (non-hydrogen) atoms. The summed E-state index contributed by atoms with van der Waals surface area (Å²) in [4.78, 5) is 18.7. The number of rotatable bonds is 4. The molecule has 4 heterocycles. The summed E-state index contributed by atoms with van der Waals surface area (Å²) >= 11 is 0. The van der Waals surface area contributed by atoms with Gasteiger partial charge in [0.15, 0.2) is 0 Å². The van der Waals surface area contributed by atoms with Crippen LogP contribution in [-0.2, 0) is 19.5 Å². The van der Waals surface area contributed by atoms with Crippen molar-refractivity contribution in [2.24, 2.45) is 0 Å². The fourth-order valence-corrected chi connectivity index (χ4v) is 7.13. The van der Waals surface area contributed by atoms with Crippen molar-refractivity contribution in [1.29, 1.82) is 0 Å². The van der Waals surface area contributed by atoms with Gasteiger partial charge in [0.1, 0.15) is 0 Å². The van der Waals surface area contributed by atoms with E-state index >= 15 is 0 Å². The standard InChI is InChI=1S/2C24H16N2.Ru/c2*1-3-7-17(8-4-1)19-13-15-25-23-21(19)11-12-22-20(14-16-26-24(22)23)18-9-5-2-6-10-18;/h2*1-16H;. The number of pyridine rings is 4. The maximum Gasteiger partial charge on any atom is 0.0970 e. The monoisotopic (exact) mass is 766 g/mol. The van der Waals surface area contributed by atoms with Crippen LogP contribution < -0.4 is 0 Å². The van der Waals surface area contributed by atoms with Gasteiger partial charge in [-0.15, -0.1) is 0 Å². The first-order chi connectivity index (χ1) is 25.8. The minimum absolute atomic E-state index is 0. The third-order valence-electron chi connectivity index (χ3n) is 9.58. The molecule has 10 aromatic rings. The normalized spacial score (nSPS) is 10.9. The van der Waals surface area contributed by atoms with E-state index in [1.54, 1.807) is 0 Å². The van der Waals surface area contributed by atoms with E-state index in [-0.39, 0.29) is 19.5 Å². The van der Waals surface area contributed by atoms with Crippen LogP contribution in [0.4, 0.5) is 0 Å². The Labute approximate surface area is 320 Å². The van der Waals surface area contributed by atoms with Crippen LogP contribution >= 0.6 is 0 Å². The Balaban J connectivity index is 0.000000148. The predicted molar refractivity (Wildman–Crippen MR) is 216 cm³/mol. The number of benzene rings is 6. The fourth-order valence-electron chi connectivity index (χ4n) is 7.13. The molecule has 0 amide bonds. The van der Waals surface area contributed by atoms with Crippen molar-refractivity contribution in [3.63, 3.8) is 0 Å². The zero-order valence-electron chi connectivity index (χ0n) is 28.6. The summed E-state index contributed by atoms with van der Waals surface area (Å²) < 4.78 is 0. The molecule has 0 aliphatic heterocycles. The Morgan fingerprint density at radius 1 is 0.226 bits per heavy atom. The Hall–Kier alpha value is -6.42. The van der Waals surface area contributed by atoms with Crippen LogP contribution in [-0.4, -0.2) is 19.9 Å². The molecule has 5 heteroatoms. The Morgan fingerprint density at radius 2 is 0.434 bits per heavy atom. The van der Waals surface area contributed by atoms with Crippen molar-refractivity contribution < 1.29 is 19.5 Å². The Kier molecular flexibility index (Phi) is 9.57. The van der Waals surface area contributed by atoms with Gasteiger partial charge < -0.3 is 0 Å². The van der Waals surface area contributed by atoms with Crippen LogP contribution in [0.25, 0.3) is 88.1 Å². The molecule has 0 atom stereocenters. The van der Waals surface area contributed by atoms with Crippen LogP contribution in [0.1, 0.15) is 0 Å². The molecule has 10 rings (SSSR count). The number of hydrogen-bond donors (Lipinski definition) is 0. The van der Waals surface area contributed by atoms with Crippen molar-refractivity contribution in [1.82, 2.24) is 19.9 Å². The molecule has 6 aromatic carbocycles. The average molecular weight is 766 g/mol. The second-order valence-electron chi connectivity index (χ2n) is 12.6. The SMILES string of the molecule is [Ru].c1ccc(-c2ccnc3c2ccc2c(-c4ccccc4)ccnc23)cc1.c1ccc(-c2ccnc3c2ccc2c(-c4ccccc4)ccnc23)cc1. The van der Waals surface area contributed by atoms with Gasteiger partial charge in [-0.2, -0.15) is 0 Å². The molecule has 4 aromatic heterocycles. The molecule has 0 aliphatic carbocycles. The second kappa shape index (κ2) is 15.1. The molecular formula is C48H32N4Ru. The van der Waals surface area contributed by atoms with Crippen molar-refractivity contribution in [3.8, 4) is 44.5 Å². The second-order valence-corrected chi connectivity index (χ2v) is 12.6. The molecule has 0 saturated heterocycles. The maximum atomic E-state index is 4.67. The van der Waals surface area contributed by atoms with E-state index in [2.05, 4.69) is 166 Å². The molecule has 0 N–H and O–H groups in total. The van der Waals surface area contributed by atoms with Crippen LogP contribution in [0.3, 0.4) is 0 Å². The molecule has 0 radical (unpaired) electrons. The van der Waals surface area contributed by atoms with Gasteiger partial charge in [0.05, 0.1) is 22.1 Å². The van der Waals surface area contributed by atoms with E-state index < -0.39 is 0 Å². The zero-order valence-corrected chi connectivity index (χ0v) is 30.4. The minimum atomic E-state index is 0. The summed E-state index contributed by atoms with van der Waals surface area (Å²) in [5, 5.41) is 4.51. The van der Waals surface area contributed by atoms with Crippen molar-refractivity contribution in [3.05, 3.63) is 195 Å². The van der Waals surface area contributed by atoms with E-state index in [4.69, 9.17) is 0 Å². The smallest absolute Gasteiger partial charge is 0.0970 e. The molecule has 0 bridgehead atoms. The topological polar surface area (TPSA) is 51.6 Å². The third-order valence-corrected chi connectivity index (χ3v) is 9.58. The van der Waals surface area contributed by atoms with Gasteiger partial charge in [-0.3, -0.25) is 19.9 Å². The first-order valence-corrected chi connectivity index (χ1v) is 17.4. The number of aromatic nitrogens is 4. The quantitative estimate of drug-likeness (QED) is 0.132. The molecule has 0 unspecified atom stereocenters. The zero-order chi connectivity index (χ0) is 34.7. The Morgan fingerprint density at radius 3 is 0.642 bits per heavy atom. The molecule has 0 fully saturated rings. The predicted octanol–water partition coefficient (Wildman–Crippen LogP) is 12.2. The van der Waals surface area contributed by atoms with Gasteiger partial charge in [-0.1, -0.05) is 146 Å². The summed E-state index contributed by atoms with van der Waals surface area (Å²) in [7, 11) is 0. The fraction of sp³-hybridized carbons (Fsp3) is 0. The van der Waals surface area contributed by atoms with E-state index in [0.717, 1.165) is 43.6 Å². The van der Waals surface area contributed by atoms with Crippen molar-refractivity contribution in [2.45, 2.75) is 0 Å². The largest absolute Gasteiger partial charge is 0.254 e. The van der Waals surface area contributed by atoms with E-state index in [0.29, 0.717) is 0 Å². The van der Waals surface area contributed by atoms with Crippen molar-refractivity contribution >= 4 is 43.6 Å². The summed E-state index contributed by atoms with van der Waals surface area (Å²) in [6.07, 6.45) is 7.50.